The fraction of sp³-hybridized carbons (Fsp3) is 0.652. The van der Waals surface area contributed by atoms with Crippen LogP contribution in [0, 0.1) is 0 Å². The van der Waals surface area contributed by atoms with E-state index in [1.54, 1.807) is 7.11 Å². The van der Waals surface area contributed by atoms with Crippen molar-refractivity contribution in [3.63, 3.8) is 0 Å². The van der Waals surface area contributed by atoms with E-state index in [-0.39, 0.29) is 30.4 Å². The van der Waals surface area contributed by atoms with E-state index >= 15 is 0 Å². The summed E-state index contributed by atoms with van der Waals surface area (Å²) in [7, 11) is 1.61. The first-order valence-corrected chi connectivity index (χ1v) is 11.1. The summed E-state index contributed by atoms with van der Waals surface area (Å²) in [6, 6.07) is 5.49. The van der Waals surface area contributed by atoms with Crippen LogP contribution in [0.5, 0.6) is 11.5 Å². The first kappa shape index (κ1) is 20.0. The van der Waals surface area contributed by atoms with Crippen LogP contribution in [0.2, 0.25) is 0 Å². The lowest BCUT2D eigenvalue weighted by Crippen LogP contribution is -2.59. The van der Waals surface area contributed by atoms with Gasteiger partial charge in [0.2, 0.25) is 5.91 Å². The molecule has 29 heavy (non-hydrogen) atoms. The Morgan fingerprint density at radius 2 is 1.76 bits per heavy atom. The monoisotopic (exact) mass is 400 g/mol. The van der Waals surface area contributed by atoms with Gasteiger partial charge in [0.25, 0.3) is 5.91 Å². The Kier molecular flexibility index (Phi) is 5.97. The molecule has 3 aliphatic rings. The van der Waals surface area contributed by atoms with Gasteiger partial charge in [0, 0.05) is 12.1 Å². The van der Waals surface area contributed by atoms with Crippen LogP contribution < -0.4 is 9.47 Å². The van der Waals surface area contributed by atoms with Crippen molar-refractivity contribution in [2.24, 2.45) is 0 Å². The summed E-state index contributed by atoms with van der Waals surface area (Å²) < 4.78 is 11.3. The Morgan fingerprint density at radius 1 is 1.00 bits per heavy atom. The maximum absolute atomic E-state index is 13.6. The number of amides is 2. The number of methoxy groups -OCH3 is 1. The van der Waals surface area contributed by atoms with Crippen molar-refractivity contribution in [1.82, 2.24) is 9.80 Å². The number of hydrogen-bond acceptors (Lipinski definition) is 4. The molecule has 4 rings (SSSR count). The summed E-state index contributed by atoms with van der Waals surface area (Å²) in [5, 5.41) is 0. The van der Waals surface area contributed by atoms with Crippen LogP contribution in [-0.2, 0) is 9.59 Å². The number of ether oxygens (including phenoxy) is 2. The maximum Gasteiger partial charge on any atom is 0.250 e. The summed E-state index contributed by atoms with van der Waals surface area (Å²) in [5.74, 6) is 1.43. The van der Waals surface area contributed by atoms with E-state index in [4.69, 9.17) is 9.47 Å². The molecule has 3 fully saturated rings. The zero-order valence-corrected chi connectivity index (χ0v) is 17.6. The third kappa shape index (κ3) is 4.07. The molecule has 1 atom stereocenters. The molecule has 6 heteroatoms. The van der Waals surface area contributed by atoms with Crippen molar-refractivity contribution in [2.45, 2.75) is 76.4 Å². The minimum Gasteiger partial charge on any atom is -0.493 e. The average molecular weight is 401 g/mol. The molecule has 0 bridgehead atoms. The van der Waals surface area contributed by atoms with Crippen molar-refractivity contribution < 1.29 is 19.1 Å². The lowest BCUT2D eigenvalue weighted by atomic mass is 9.91. The van der Waals surface area contributed by atoms with Crippen molar-refractivity contribution >= 4 is 11.8 Å². The number of piperazine rings is 1. The molecule has 0 spiro atoms. The molecule has 0 aromatic heterocycles. The molecule has 0 unspecified atom stereocenters. The number of rotatable bonds is 7. The second-order valence-electron chi connectivity index (χ2n) is 8.45. The highest BCUT2D eigenvalue weighted by atomic mass is 16.5. The highest BCUT2D eigenvalue weighted by Gasteiger charge is 2.48. The first-order chi connectivity index (χ1) is 14.1. The summed E-state index contributed by atoms with van der Waals surface area (Å²) in [5.41, 5.74) is 0.816. The minimum atomic E-state index is -0.556. The van der Waals surface area contributed by atoms with E-state index in [1.165, 1.54) is 6.42 Å². The highest BCUT2D eigenvalue weighted by molar-refractivity contribution is 5.96. The smallest absolute Gasteiger partial charge is 0.250 e. The fourth-order valence-corrected chi connectivity index (χ4v) is 4.68. The third-order valence-corrected chi connectivity index (χ3v) is 6.31. The molecule has 1 heterocycles. The van der Waals surface area contributed by atoms with Gasteiger partial charge in [-0.2, -0.15) is 0 Å². The molecular formula is C23H32N2O4. The van der Waals surface area contributed by atoms with E-state index in [0.29, 0.717) is 18.1 Å². The van der Waals surface area contributed by atoms with Gasteiger partial charge < -0.3 is 19.3 Å². The maximum atomic E-state index is 13.6. The average Bonchev–Trinajstić information content (AvgIpc) is 3.59. The molecular weight excluding hydrogens is 368 g/mol. The summed E-state index contributed by atoms with van der Waals surface area (Å²) >= 11 is 0. The number of carbonyl (C=O) groups is 2. The molecule has 0 radical (unpaired) electrons. The number of benzene rings is 1. The van der Waals surface area contributed by atoms with Gasteiger partial charge in [-0.15, -0.1) is 0 Å². The number of nitrogens with zero attached hydrogens (tertiary/aromatic N) is 2. The second kappa shape index (κ2) is 8.64. The SMILES string of the molecule is CCCOc1ccc([C@H]2C(=O)N(C3CCCCC3)CC(=O)N2C2CC2)cc1OC. The van der Waals surface area contributed by atoms with E-state index in [0.717, 1.165) is 50.5 Å². The molecule has 1 aromatic rings. The van der Waals surface area contributed by atoms with Crippen LogP contribution in [0.4, 0.5) is 0 Å². The van der Waals surface area contributed by atoms with Gasteiger partial charge in [0.15, 0.2) is 11.5 Å². The first-order valence-electron chi connectivity index (χ1n) is 11.1. The predicted molar refractivity (Wildman–Crippen MR) is 110 cm³/mol. The van der Waals surface area contributed by atoms with Gasteiger partial charge in [-0.3, -0.25) is 9.59 Å². The summed E-state index contributed by atoms with van der Waals surface area (Å²) in [6.45, 7) is 2.89. The van der Waals surface area contributed by atoms with Crippen LogP contribution in [0.25, 0.3) is 0 Å². The molecule has 0 N–H and O–H groups in total. The highest BCUT2D eigenvalue weighted by Crippen LogP contribution is 2.41. The van der Waals surface area contributed by atoms with Crippen LogP contribution in [0.1, 0.15) is 69.9 Å². The summed E-state index contributed by atoms with van der Waals surface area (Å²) in [4.78, 5) is 30.4. The van der Waals surface area contributed by atoms with Crippen molar-refractivity contribution in [1.29, 1.82) is 0 Å². The predicted octanol–water partition coefficient (Wildman–Crippen LogP) is 3.69. The minimum absolute atomic E-state index is 0.0627. The molecule has 1 saturated heterocycles. The van der Waals surface area contributed by atoms with Crippen LogP contribution >= 0.6 is 0 Å². The molecule has 1 aliphatic heterocycles. The molecule has 2 amide bonds. The Balaban J connectivity index is 1.65. The van der Waals surface area contributed by atoms with Gasteiger partial charge in [-0.25, -0.2) is 0 Å². The second-order valence-corrected chi connectivity index (χ2v) is 8.45. The largest absolute Gasteiger partial charge is 0.493 e. The zero-order valence-electron chi connectivity index (χ0n) is 17.6. The third-order valence-electron chi connectivity index (χ3n) is 6.31. The van der Waals surface area contributed by atoms with E-state index in [9.17, 15) is 9.59 Å². The van der Waals surface area contributed by atoms with Gasteiger partial charge in [-0.1, -0.05) is 32.3 Å². The fourth-order valence-electron chi connectivity index (χ4n) is 4.68. The molecule has 158 valence electrons. The van der Waals surface area contributed by atoms with E-state index in [1.807, 2.05) is 28.0 Å². The van der Waals surface area contributed by atoms with Crippen LogP contribution in [-0.4, -0.2) is 54.0 Å². The quantitative estimate of drug-likeness (QED) is 0.700. The zero-order chi connectivity index (χ0) is 20.4. The molecule has 2 saturated carbocycles. The van der Waals surface area contributed by atoms with Gasteiger partial charge in [-0.05, 0) is 49.8 Å². The normalized spacial score (nSPS) is 23.4. The van der Waals surface area contributed by atoms with Crippen LogP contribution in [0.3, 0.4) is 0 Å². The molecule has 2 aliphatic carbocycles. The van der Waals surface area contributed by atoms with Gasteiger partial charge >= 0.3 is 0 Å². The van der Waals surface area contributed by atoms with E-state index in [2.05, 4.69) is 6.92 Å². The van der Waals surface area contributed by atoms with Crippen LogP contribution in [0.15, 0.2) is 18.2 Å². The Bertz CT molecular complexity index is 755. The van der Waals surface area contributed by atoms with Crippen molar-refractivity contribution in [2.75, 3.05) is 20.3 Å². The Labute approximate surface area is 173 Å². The van der Waals surface area contributed by atoms with Gasteiger partial charge in [0.05, 0.1) is 13.7 Å². The Morgan fingerprint density at radius 3 is 2.41 bits per heavy atom. The lowest BCUT2D eigenvalue weighted by Gasteiger charge is -2.44. The van der Waals surface area contributed by atoms with E-state index < -0.39 is 6.04 Å². The van der Waals surface area contributed by atoms with Crippen molar-refractivity contribution in [3.05, 3.63) is 23.8 Å². The number of carbonyl (C=O) groups excluding carboxylic acids is 2. The van der Waals surface area contributed by atoms with Crippen molar-refractivity contribution in [3.8, 4) is 11.5 Å². The number of hydrogen-bond donors (Lipinski definition) is 0. The molecule has 6 nitrogen and oxygen atoms in total. The topological polar surface area (TPSA) is 59.1 Å². The van der Waals surface area contributed by atoms with Gasteiger partial charge in [0.1, 0.15) is 12.6 Å². The molecule has 1 aromatic carbocycles. The Hall–Kier alpha value is -2.24. The standard InChI is InChI=1S/C23H32N2O4/c1-3-13-29-19-12-9-16(14-20(19)28-2)22-23(27)24(17-7-5-4-6-8-17)15-21(26)25(22)18-10-11-18/h9,12,14,17-18,22H,3-8,10-11,13,15H2,1-2H3/t22-/m0/s1. The lowest BCUT2D eigenvalue weighted by molar-refractivity contribution is -0.160. The summed E-state index contributed by atoms with van der Waals surface area (Å²) in [6.07, 6.45) is 8.37.